The summed E-state index contributed by atoms with van der Waals surface area (Å²) >= 11 is 0. The fraction of sp³-hybridized carbons (Fsp3) is 0.174. The van der Waals surface area contributed by atoms with Crippen LogP contribution in [0.1, 0.15) is 10.4 Å². The predicted octanol–water partition coefficient (Wildman–Crippen LogP) is 4.16. The van der Waals surface area contributed by atoms with Gasteiger partial charge in [-0.3, -0.25) is 9.10 Å². The number of anilines is 2. The first kappa shape index (κ1) is 23.1. The van der Waals surface area contributed by atoms with E-state index in [4.69, 9.17) is 9.47 Å². The van der Waals surface area contributed by atoms with E-state index in [1.807, 2.05) is 0 Å². The molecule has 0 saturated carbocycles. The molecule has 168 valence electrons. The first-order valence-electron chi connectivity index (χ1n) is 9.52. The average molecular weight is 459 g/mol. The van der Waals surface area contributed by atoms with Crippen molar-refractivity contribution in [2.75, 3.05) is 37.1 Å². The van der Waals surface area contributed by atoms with Crippen molar-refractivity contribution < 1.29 is 27.1 Å². The highest BCUT2D eigenvalue weighted by Gasteiger charge is 2.21. The Hall–Kier alpha value is -3.59. The number of nitrogens with zero attached hydrogens (tertiary/aromatic N) is 1. The monoisotopic (exact) mass is 458 g/mol. The van der Waals surface area contributed by atoms with E-state index in [1.165, 1.54) is 45.5 Å². The molecular weight excluding hydrogens is 435 g/mol. The van der Waals surface area contributed by atoms with Crippen molar-refractivity contribution in [1.82, 2.24) is 0 Å². The molecule has 0 fully saturated rings. The number of hydrogen-bond donors (Lipinski definition) is 1. The Morgan fingerprint density at radius 3 is 2.34 bits per heavy atom. The molecule has 1 amide bonds. The zero-order valence-corrected chi connectivity index (χ0v) is 18.9. The van der Waals surface area contributed by atoms with Crippen LogP contribution in [-0.2, 0) is 10.0 Å². The number of amides is 1. The zero-order valence-electron chi connectivity index (χ0n) is 18.0. The number of carbonyl (C=O) groups is 1. The molecule has 1 N–H and O–H groups in total. The number of benzene rings is 3. The first-order valence-corrected chi connectivity index (χ1v) is 11.4. The smallest absolute Gasteiger partial charge is 0.259 e. The summed E-state index contributed by atoms with van der Waals surface area (Å²) in [6.07, 6.45) is 1.05. The molecule has 0 saturated heterocycles. The number of methoxy groups -OCH3 is 2. The summed E-state index contributed by atoms with van der Waals surface area (Å²) in [6, 6.07) is 15.5. The predicted molar refractivity (Wildman–Crippen MR) is 123 cm³/mol. The van der Waals surface area contributed by atoms with Crippen molar-refractivity contribution in [1.29, 1.82) is 0 Å². The van der Waals surface area contributed by atoms with Crippen molar-refractivity contribution in [3.8, 4) is 22.6 Å². The molecule has 3 aromatic rings. The van der Waals surface area contributed by atoms with Crippen LogP contribution in [0.5, 0.6) is 11.5 Å². The summed E-state index contributed by atoms with van der Waals surface area (Å²) in [5, 5.41) is 2.73. The molecule has 0 aromatic heterocycles. The van der Waals surface area contributed by atoms with Crippen molar-refractivity contribution in [3.63, 3.8) is 0 Å². The first-order chi connectivity index (χ1) is 15.2. The van der Waals surface area contributed by atoms with Gasteiger partial charge in [0.1, 0.15) is 17.3 Å². The zero-order chi connectivity index (χ0) is 23.5. The summed E-state index contributed by atoms with van der Waals surface area (Å²) in [4.78, 5) is 13.1. The van der Waals surface area contributed by atoms with E-state index < -0.39 is 21.7 Å². The summed E-state index contributed by atoms with van der Waals surface area (Å²) in [6.45, 7) is 0. The third-order valence-corrected chi connectivity index (χ3v) is 6.11. The molecule has 9 heteroatoms. The van der Waals surface area contributed by atoms with Crippen LogP contribution in [0.15, 0.2) is 60.7 Å². The van der Waals surface area contributed by atoms with E-state index in [0.717, 1.165) is 10.6 Å². The van der Waals surface area contributed by atoms with Crippen LogP contribution in [0, 0.1) is 5.82 Å². The number of rotatable bonds is 7. The second kappa shape index (κ2) is 9.27. The topological polar surface area (TPSA) is 84.9 Å². The van der Waals surface area contributed by atoms with Gasteiger partial charge in [0.25, 0.3) is 5.91 Å². The quantitative estimate of drug-likeness (QED) is 0.575. The maximum atomic E-state index is 14.3. The number of nitrogens with one attached hydrogen (secondary N) is 1. The van der Waals surface area contributed by atoms with Crippen LogP contribution in [0.2, 0.25) is 0 Å². The van der Waals surface area contributed by atoms with E-state index in [0.29, 0.717) is 16.9 Å². The molecule has 3 rings (SSSR count). The molecule has 3 aromatic carbocycles. The van der Waals surface area contributed by atoms with E-state index in [2.05, 4.69) is 5.32 Å². The second-order valence-corrected chi connectivity index (χ2v) is 8.98. The lowest BCUT2D eigenvalue weighted by Crippen LogP contribution is -2.26. The molecule has 0 aliphatic carbocycles. The van der Waals surface area contributed by atoms with Gasteiger partial charge in [0.2, 0.25) is 10.0 Å². The van der Waals surface area contributed by atoms with Gasteiger partial charge in [-0.05, 0) is 35.9 Å². The maximum Gasteiger partial charge on any atom is 0.259 e. The van der Waals surface area contributed by atoms with Gasteiger partial charge in [0, 0.05) is 18.7 Å². The maximum absolute atomic E-state index is 14.3. The molecule has 0 atom stereocenters. The normalized spacial score (nSPS) is 11.0. The minimum absolute atomic E-state index is 0.196. The van der Waals surface area contributed by atoms with Gasteiger partial charge in [-0.25, -0.2) is 12.8 Å². The highest BCUT2D eigenvalue weighted by atomic mass is 32.2. The van der Waals surface area contributed by atoms with Gasteiger partial charge in [-0.1, -0.05) is 24.3 Å². The largest absolute Gasteiger partial charge is 0.497 e. The average Bonchev–Trinajstić information content (AvgIpc) is 2.77. The van der Waals surface area contributed by atoms with E-state index >= 15 is 0 Å². The number of sulfonamides is 1. The molecule has 0 aliphatic heterocycles. The van der Waals surface area contributed by atoms with Gasteiger partial charge in [-0.15, -0.1) is 0 Å². The Balaban J connectivity index is 2.09. The van der Waals surface area contributed by atoms with Gasteiger partial charge in [0.05, 0.1) is 37.4 Å². The Bertz CT molecular complexity index is 1260. The van der Waals surface area contributed by atoms with E-state index in [1.54, 1.807) is 36.4 Å². The van der Waals surface area contributed by atoms with Crippen LogP contribution >= 0.6 is 0 Å². The van der Waals surface area contributed by atoms with Crippen LogP contribution in [0.4, 0.5) is 15.8 Å². The Kier molecular flexibility index (Phi) is 6.69. The highest BCUT2D eigenvalue weighted by molar-refractivity contribution is 7.92. The third kappa shape index (κ3) is 4.83. The Labute approximate surface area is 186 Å². The van der Waals surface area contributed by atoms with E-state index in [-0.39, 0.29) is 22.7 Å². The summed E-state index contributed by atoms with van der Waals surface area (Å²) in [5.41, 5.74) is 1.44. The van der Waals surface area contributed by atoms with Crippen molar-refractivity contribution in [2.24, 2.45) is 0 Å². The lowest BCUT2D eigenvalue weighted by atomic mass is 10.0. The van der Waals surface area contributed by atoms with Gasteiger partial charge >= 0.3 is 0 Å². The van der Waals surface area contributed by atoms with Gasteiger partial charge in [-0.2, -0.15) is 0 Å². The molecule has 0 spiro atoms. The number of halogens is 1. The molecular formula is C23H23FN2O5S. The third-order valence-electron chi connectivity index (χ3n) is 4.92. The van der Waals surface area contributed by atoms with Gasteiger partial charge < -0.3 is 14.8 Å². The minimum atomic E-state index is -3.62. The minimum Gasteiger partial charge on any atom is -0.497 e. The lowest BCUT2D eigenvalue weighted by molar-refractivity contribution is 0.102. The van der Waals surface area contributed by atoms with Crippen molar-refractivity contribution in [3.05, 3.63) is 72.0 Å². The summed E-state index contributed by atoms with van der Waals surface area (Å²) in [5.74, 6) is -0.174. The number of carbonyl (C=O) groups excluding carboxylic acids is 1. The highest BCUT2D eigenvalue weighted by Crippen LogP contribution is 2.34. The molecule has 7 nitrogen and oxygen atoms in total. The molecule has 0 heterocycles. The van der Waals surface area contributed by atoms with Crippen molar-refractivity contribution in [2.45, 2.75) is 0 Å². The van der Waals surface area contributed by atoms with Gasteiger partial charge in [0.15, 0.2) is 0 Å². The molecule has 0 aliphatic rings. The second-order valence-electron chi connectivity index (χ2n) is 6.96. The fourth-order valence-electron chi connectivity index (χ4n) is 3.13. The SMILES string of the molecule is COc1ccc(C(=O)Nc2cc(-c3ccccc3F)ccc2N(C)S(C)(=O)=O)c(OC)c1. The Morgan fingerprint density at radius 2 is 1.72 bits per heavy atom. The van der Waals surface area contributed by atoms with Crippen LogP contribution < -0.4 is 19.1 Å². The molecule has 0 unspecified atom stereocenters. The van der Waals surface area contributed by atoms with Crippen LogP contribution in [0.3, 0.4) is 0 Å². The van der Waals surface area contributed by atoms with Crippen LogP contribution in [-0.4, -0.2) is 41.8 Å². The lowest BCUT2D eigenvalue weighted by Gasteiger charge is -2.22. The standard InChI is InChI=1S/C23H23FN2O5S/c1-26(32(4,28)29)21-12-9-15(17-7-5-6-8-19(17)24)13-20(21)25-23(27)18-11-10-16(30-2)14-22(18)31-3/h5-14H,1-4H3,(H,25,27). The molecule has 0 bridgehead atoms. The van der Waals surface area contributed by atoms with Crippen LogP contribution in [0.25, 0.3) is 11.1 Å². The fourth-order valence-corrected chi connectivity index (χ4v) is 3.64. The number of hydrogen-bond acceptors (Lipinski definition) is 5. The summed E-state index contributed by atoms with van der Waals surface area (Å²) in [7, 11) is 0.672. The van der Waals surface area contributed by atoms with Crippen molar-refractivity contribution >= 4 is 27.3 Å². The Morgan fingerprint density at radius 1 is 1.00 bits per heavy atom. The summed E-state index contributed by atoms with van der Waals surface area (Å²) < 4.78 is 50.1. The molecule has 32 heavy (non-hydrogen) atoms. The molecule has 0 radical (unpaired) electrons. The van der Waals surface area contributed by atoms with E-state index in [9.17, 15) is 17.6 Å². The number of ether oxygens (including phenoxy) is 2.